The largest absolute Gasteiger partial charge is 0.374 e. The first-order valence-corrected chi connectivity index (χ1v) is 5.74. The van der Waals surface area contributed by atoms with E-state index in [1.807, 2.05) is 0 Å². The van der Waals surface area contributed by atoms with Crippen molar-refractivity contribution < 1.29 is 24.0 Å². The molecule has 19 heavy (non-hydrogen) atoms. The number of hydrogen-bond donors (Lipinski definition) is 0. The Labute approximate surface area is 109 Å². The van der Waals surface area contributed by atoms with Gasteiger partial charge in [-0.1, -0.05) is 6.58 Å². The van der Waals surface area contributed by atoms with E-state index in [-0.39, 0.29) is 31.6 Å². The zero-order chi connectivity index (χ0) is 14.0. The summed E-state index contributed by atoms with van der Waals surface area (Å²) in [6, 6.07) is 0. The molecule has 2 rings (SSSR count). The summed E-state index contributed by atoms with van der Waals surface area (Å²) in [5.41, 5.74) is 0. The number of carbonyl (C=O) groups excluding carboxylic acids is 4. The van der Waals surface area contributed by atoms with Gasteiger partial charge in [0.1, 0.15) is 5.76 Å². The van der Waals surface area contributed by atoms with E-state index < -0.39 is 23.6 Å². The van der Waals surface area contributed by atoms with E-state index in [9.17, 15) is 19.2 Å². The van der Waals surface area contributed by atoms with E-state index in [1.165, 1.54) is 12.2 Å². The highest BCUT2D eigenvalue weighted by Crippen LogP contribution is 2.16. The van der Waals surface area contributed by atoms with Crippen LogP contribution in [0.15, 0.2) is 24.5 Å². The highest BCUT2D eigenvalue weighted by Gasteiger charge is 2.32. The fourth-order valence-electron chi connectivity index (χ4n) is 1.72. The lowest BCUT2D eigenvalue weighted by molar-refractivity contribution is -0.177. The van der Waals surface area contributed by atoms with E-state index in [4.69, 9.17) is 4.84 Å². The van der Waals surface area contributed by atoms with Gasteiger partial charge >= 0.3 is 0 Å². The van der Waals surface area contributed by atoms with Gasteiger partial charge in [-0.2, -0.15) is 0 Å². The first-order valence-electron chi connectivity index (χ1n) is 5.74. The molecule has 1 fully saturated rings. The number of amides is 4. The normalized spacial score (nSPS) is 18.7. The van der Waals surface area contributed by atoms with Gasteiger partial charge in [-0.15, -0.1) is 5.06 Å². The van der Waals surface area contributed by atoms with Gasteiger partial charge < -0.3 is 4.84 Å². The highest BCUT2D eigenvalue weighted by atomic mass is 16.7. The first-order chi connectivity index (χ1) is 8.99. The molecule has 0 atom stereocenters. The summed E-state index contributed by atoms with van der Waals surface area (Å²) in [4.78, 5) is 51.2. The minimum atomic E-state index is -0.416. The standard InChI is InChI=1S/C12H12N2O5/c1-8(19-14-11(17)4-5-12(14)18)6-7-13-9(15)2-3-10(13)16/h2-3H,1,4-7H2. The van der Waals surface area contributed by atoms with E-state index in [0.29, 0.717) is 5.06 Å². The van der Waals surface area contributed by atoms with Crippen LogP contribution in [0.1, 0.15) is 19.3 Å². The van der Waals surface area contributed by atoms with Crippen molar-refractivity contribution in [1.29, 1.82) is 0 Å². The van der Waals surface area contributed by atoms with Crippen LogP contribution in [0.5, 0.6) is 0 Å². The fourth-order valence-corrected chi connectivity index (χ4v) is 1.72. The molecule has 7 nitrogen and oxygen atoms in total. The topological polar surface area (TPSA) is 84.0 Å². The van der Waals surface area contributed by atoms with Gasteiger partial charge in [0.15, 0.2) is 0 Å². The van der Waals surface area contributed by atoms with Gasteiger partial charge in [0.25, 0.3) is 23.6 Å². The Morgan fingerprint density at radius 1 is 1.11 bits per heavy atom. The number of imide groups is 2. The molecule has 0 bridgehead atoms. The molecule has 2 aliphatic rings. The van der Waals surface area contributed by atoms with Crippen LogP contribution in [0.2, 0.25) is 0 Å². The summed E-state index contributed by atoms with van der Waals surface area (Å²) in [5.74, 6) is -1.48. The van der Waals surface area contributed by atoms with Gasteiger partial charge in [0.05, 0.1) is 0 Å². The van der Waals surface area contributed by atoms with Gasteiger partial charge in [-0.05, 0) is 0 Å². The summed E-state index contributed by atoms with van der Waals surface area (Å²) in [7, 11) is 0. The van der Waals surface area contributed by atoms with Crippen LogP contribution in [0.25, 0.3) is 0 Å². The van der Waals surface area contributed by atoms with Crippen LogP contribution in [-0.2, 0) is 24.0 Å². The van der Waals surface area contributed by atoms with Crippen molar-refractivity contribution in [3.05, 3.63) is 24.5 Å². The Morgan fingerprint density at radius 3 is 2.16 bits per heavy atom. The molecule has 0 aromatic carbocycles. The molecule has 2 aliphatic heterocycles. The third kappa shape index (κ3) is 2.70. The van der Waals surface area contributed by atoms with Crippen molar-refractivity contribution in [2.45, 2.75) is 19.3 Å². The predicted molar refractivity (Wildman–Crippen MR) is 61.8 cm³/mol. The maximum atomic E-state index is 11.3. The average molecular weight is 264 g/mol. The molecule has 4 amide bonds. The van der Waals surface area contributed by atoms with E-state index >= 15 is 0 Å². The lowest BCUT2D eigenvalue weighted by atomic mass is 10.3. The average Bonchev–Trinajstić information content (AvgIpc) is 2.84. The lowest BCUT2D eigenvalue weighted by Gasteiger charge is -2.18. The number of carbonyl (C=O) groups is 4. The number of hydrogen-bond acceptors (Lipinski definition) is 5. The molecule has 100 valence electrons. The van der Waals surface area contributed by atoms with Crippen LogP contribution in [0.3, 0.4) is 0 Å². The molecule has 1 saturated heterocycles. The van der Waals surface area contributed by atoms with Gasteiger partial charge in [-0.25, -0.2) is 0 Å². The zero-order valence-corrected chi connectivity index (χ0v) is 10.1. The molecule has 7 heteroatoms. The molecule has 0 aromatic rings. The number of nitrogens with zero attached hydrogens (tertiary/aromatic N) is 2. The Balaban J connectivity index is 1.82. The number of rotatable bonds is 5. The van der Waals surface area contributed by atoms with Crippen molar-refractivity contribution in [3.8, 4) is 0 Å². The van der Waals surface area contributed by atoms with Crippen LogP contribution >= 0.6 is 0 Å². The van der Waals surface area contributed by atoms with Gasteiger partial charge in [-0.3, -0.25) is 24.1 Å². The zero-order valence-electron chi connectivity index (χ0n) is 10.1. The van der Waals surface area contributed by atoms with Crippen LogP contribution in [0, 0.1) is 0 Å². The van der Waals surface area contributed by atoms with Gasteiger partial charge in [0, 0.05) is 38.0 Å². The Morgan fingerprint density at radius 2 is 1.63 bits per heavy atom. The summed E-state index contributed by atoms with van der Waals surface area (Å²) in [6.07, 6.45) is 2.77. The van der Waals surface area contributed by atoms with Crippen LogP contribution in [0.4, 0.5) is 0 Å². The Bertz CT molecular complexity index is 474. The third-order valence-corrected chi connectivity index (χ3v) is 2.74. The molecule has 0 radical (unpaired) electrons. The predicted octanol–water partition coefficient (Wildman–Crippen LogP) is -0.104. The number of hydroxylamine groups is 2. The van der Waals surface area contributed by atoms with Crippen molar-refractivity contribution in [2.75, 3.05) is 6.54 Å². The van der Waals surface area contributed by atoms with E-state index in [0.717, 1.165) is 4.90 Å². The highest BCUT2D eigenvalue weighted by molar-refractivity contribution is 6.12. The monoisotopic (exact) mass is 264 g/mol. The maximum Gasteiger partial charge on any atom is 0.263 e. The lowest BCUT2D eigenvalue weighted by Crippen LogP contribution is -2.33. The summed E-state index contributed by atoms with van der Waals surface area (Å²) in [5, 5.41) is 0.675. The first kappa shape index (κ1) is 13.0. The van der Waals surface area contributed by atoms with Gasteiger partial charge in [0.2, 0.25) is 0 Å². The fraction of sp³-hybridized carbons (Fsp3) is 0.333. The summed E-state index contributed by atoms with van der Waals surface area (Å²) >= 11 is 0. The summed E-state index contributed by atoms with van der Waals surface area (Å²) in [6.45, 7) is 3.66. The molecule has 0 aromatic heterocycles. The van der Waals surface area contributed by atoms with E-state index in [1.54, 1.807) is 0 Å². The van der Waals surface area contributed by atoms with E-state index in [2.05, 4.69) is 6.58 Å². The second-order valence-electron chi connectivity index (χ2n) is 4.12. The molecular formula is C12H12N2O5. The molecular weight excluding hydrogens is 252 g/mol. The van der Waals surface area contributed by atoms with Crippen molar-refractivity contribution >= 4 is 23.6 Å². The molecule has 2 heterocycles. The second kappa shape index (κ2) is 5.05. The SMILES string of the molecule is C=C(CCN1C(=O)C=CC1=O)ON1C(=O)CCC1=O. The van der Waals surface area contributed by atoms with Crippen LogP contribution < -0.4 is 0 Å². The molecule has 0 unspecified atom stereocenters. The molecule has 0 aliphatic carbocycles. The molecule has 0 spiro atoms. The second-order valence-corrected chi connectivity index (χ2v) is 4.12. The third-order valence-electron chi connectivity index (χ3n) is 2.74. The van der Waals surface area contributed by atoms with Crippen molar-refractivity contribution in [2.24, 2.45) is 0 Å². The minimum absolute atomic E-state index is 0.0969. The Hall–Kier alpha value is -2.44. The summed E-state index contributed by atoms with van der Waals surface area (Å²) < 4.78 is 0. The minimum Gasteiger partial charge on any atom is -0.374 e. The quantitative estimate of drug-likeness (QED) is 0.511. The van der Waals surface area contributed by atoms with Crippen LogP contribution in [-0.4, -0.2) is 40.1 Å². The molecule has 0 saturated carbocycles. The Kier molecular flexibility index (Phi) is 3.46. The maximum absolute atomic E-state index is 11.3. The van der Waals surface area contributed by atoms with Crippen molar-refractivity contribution in [3.63, 3.8) is 0 Å². The van der Waals surface area contributed by atoms with Crippen molar-refractivity contribution in [1.82, 2.24) is 9.96 Å². The smallest absolute Gasteiger partial charge is 0.263 e. The molecule has 0 N–H and O–H groups in total.